The lowest BCUT2D eigenvalue weighted by Gasteiger charge is -2.20. The van der Waals surface area contributed by atoms with Crippen LogP contribution in [-0.4, -0.2) is 4.98 Å². The molecule has 28 heavy (non-hydrogen) atoms. The molecule has 0 saturated carbocycles. The van der Waals surface area contributed by atoms with Gasteiger partial charge in [-0.3, -0.25) is 4.79 Å². The summed E-state index contributed by atoms with van der Waals surface area (Å²) < 4.78 is 40.6. The van der Waals surface area contributed by atoms with Crippen LogP contribution in [0.25, 0.3) is 10.9 Å². The Labute approximate surface area is 159 Å². The van der Waals surface area contributed by atoms with Crippen LogP contribution in [0.2, 0.25) is 0 Å². The molecule has 0 aliphatic carbocycles. The van der Waals surface area contributed by atoms with Gasteiger partial charge in [-0.2, -0.15) is 13.2 Å². The predicted octanol–water partition coefficient (Wildman–Crippen LogP) is 5.73. The van der Waals surface area contributed by atoms with Crippen molar-refractivity contribution in [1.29, 1.82) is 0 Å². The number of fused-ring (bicyclic) bond motifs is 1. The zero-order chi connectivity index (χ0) is 19.7. The van der Waals surface area contributed by atoms with Crippen LogP contribution in [0, 0.1) is 0 Å². The summed E-state index contributed by atoms with van der Waals surface area (Å²) in [4.78, 5) is 14.1. The molecule has 1 aromatic heterocycles. The van der Waals surface area contributed by atoms with E-state index in [2.05, 4.69) is 4.98 Å². The van der Waals surface area contributed by atoms with Crippen molar-refractivity contribution in [1.82, 2.24) is 4.98 Å². The van der Waals surface area contributed by atoms with Gasteiger partial charge < -0.3 is 4.98 Å². The quantitative estimate of drug-likeness (QED) is 0.453. The molecule has 2 nitrogen and oxygen atoms in total. The van der Waals surface area contributed by atoms with E-state index in [-0.39, 0.29) is 16.8 Å². The Hall–Kier alpha value is -3.34. The minimum Gasteiger partial charge on any atom is -0.322 e. The predicted molar refractivity (Wildman–Crippen MR) is 103 cm³/mol. The Balaban J connectivity index is 1.97. The third-order valence-electron chi connectivity index (χ3n) is 4.77. The molecule has 0 spiro atoms. The van der Waals surface area contributed by atoms with E-state index in [1.54, 1.807) is 12.1 Å². The van der Waals surface area contributed by atoms with Crippen LogP contribution in [0.15, 0.2) is 89.7 Å². The molecule has 0 saturated heterocycles. The third-order valence-corrected chi connectivity index (χ3v) is 4.77. The van der Waals surface area contributed by atoms with Crippen LogP contribution < -0.4 is 5.56 Å². The number of rotatable bonds is 3. The second kappa shape index (κ2) is 7.00. The SMILES string of the molecule is O=c1cc(C(F)(F)F)c2cc(C(c3ccccc3)c3ccccc3)ccc2[nH]1. The minimum absolute atomic E-state index is 0.0125. The Bertz CT molecular complexity index is 1130. The molecule has 5 heteroatoms. The molecule has 0 aliphatic rings. The molecule has 0 amide bonds. The first-order chi connectivity index (χ1) is 13.4. The highest BCUT2D eigenvalue weighted by Crippen LogP contribution is 2.37. The molecular formula is C23H16F3NO. The molecule has 4 aromatic rings. The first-order valence-corrected chi connectivity index (χ1v) is 8.77. The number of alkyl halides is 3. The number of aromatic amines is 1. The van der Waals surface area contributed by atoms with Gasteiger partial charge in [0.05, 0.1) is 5.56 Å². The van der Waals surface area contributed by atoms with Gasteiger partial charge in [-0.1, -0.05) is 66.7 Å². The Kier molecular flexibility index (Phi) is 4.51. The summed E-state index contributed by atoms with van der Waals surface area (Å²) in [6, 6.07) is 24.7. The number of nitrogens with one attached hydrogen (secondary N) is 1. The van der Waals surface area contributed by atoms with Crippen LogP contribution in [0.5, 0.6) is 0 Å². The lowest BCUT2D eigenvalue weighted by Crippen LogP contribution is -2.14. The molecule has 0 aliphatic heterocycles. The maximum Gasteiger partial charge on any atom is 0.417 e. The molecule has 0 radical (unpaired) electrons. The zero-order valence-electron chi connectivity index (χ0n) is 14.7. The molecule has 1 heterocycles. The number of benzene rings is 3. The molecule has 0 atom stereocenters. The van der Waals surface area contributed by atoms with Gasteiger partial charge in [0.25, 0.3) is 0 Å². The lowest BCUT2D eigenvalue weighted by atomic mass is 9.84. The fourth-order valence-electron chi connectivity index (χ4n) is 3.55. The van der Waals surface area contributed by atoms with E-state index in [4.69, 9.17) is 0 Å². The first kappa shape index (κ1) is 18.0. The van der Waals surface area contributed by atoms with E-state index in [9.17, 15) is 18.0 Å². The zero-order valence-corrected chi connectivity index (χ0v) is 14.7. The van der Waals surface area contributed by atoms with Crippen molar-refractivity contribution in [2.45, 2.75) is 12.1 Å². The Morgan fingerprint density at radius 3 is 1.82 bits per heavy atom. The van der Waals surface area contributed by atoms with Crippen molar-refractivity contribution in [3.05, 3.63) is 118 Å². The average Bonchev–Trinajstić information content (AvgIpc) is 2.69. The molecule has 0 fully saturated rings. The number of H-pyrrole nitrogens is 1. The van der Waals surface area contributed by atoms with E-state index >= 15 is 0 Å². The van der Waals surface area contributed by atoms with E-state index in [0.717, 1.165) is 16.7 Å². The van der Waals surface area contributed by atoms with Gasteiger partial charge in [-0.05, 0) is 28.8 Å². The van der Waals surface area contributed by atoms with Crippen molar-refractivity contribution < 1.29 is 13.2 Å². The normalized spacial score (nSPS) is 11.9. The highest BCUT2D eigenvalue weighted by atomic mass is 19.4. The highest BCUT2D eigenvalue weighted by molar-refractivity contribution is 5.83. The summed E-state index contributed by atoms with van der Waals surface area (Å²) in [6.07, 6.45) is -4.61. The molecule has 140 valence electrons. The topological polar surface area (TPSA) is 32.9 Å². The van der Waals surface area contributed by atoms with Gasteiger partial charge in [0.2, 0.25) is 5.56 Å². The summed E-state index contributed by atoms with van der Waals surface area (Å²) in [5, 5.41) is -0.0125. The summed E-state index contributed by atoms with van der Waals surface area (Å²) in [7, 11) is 0. The monoisotopic (exact) mass is 379 g/mol. The fourth-order valence-corrected chi connectivity index (χ4v) is 3.55. The van der Waals surface area contributed by atoms with Gasteiger partial charge in [0.1, 0.15) is 0 Å². The van der Waals surface area contributed by atoms with Gasteiger partial charge in [-0.15, -0.1) is 0 Å². The fraction of sp³-hybridized carbons (Fsp3) is 0.0870. The third kappa shape index (κ3) is 3.43. The summed E-state index contributed by atoms with van der Waals surface area (Å²) in [5.74, 6) is -0.222. The summed E-state index contributed by atoms with van der Waals surface area (Å²) in [5.41, 5.74) is 1.16. The van der Waals surface area contributed by atoms with Gasteiger partial charge in [0, 0.05) is 22.9 Å². The first-order valence-electron chi connectivity index (χ1n) is 8.77. The van der Waals surface area contributed by atoms with E-state index in [0.29, 0.717) is 6.07 Å². The second-order valence-electron chi connectivity index (χ2n) is 6.60. The maximum atomic E-state index is 13.5. The summed E-state index contributed by atoms with van der Waals surface area (Å²) >= 11 is 0. The van der Waals surface area contributed by atoms with Crippen LogP contribution >= 0.6 is 0 Å². The number of hydrogen-bond acceptors (Lipinski definition) is 1. The lowest BCUT2D eigenvalue weighted by molar-refractivity contribution is -0.136. The van der Waals surface area contributed by atoms with Gasteiger partial charge >= 0.3 is 6.18 Å². The largest absolute Gasteiger partial charge is 0.417 e. The number of halogens is 3. The van der Waals surface area contributed by atoms with Crippen molar-refractivity contribution >= 4 is 10.9 Å². The number of hydrogen-bond donors (Lipinski definition) is 1. The molecule has 1 N–H and O–H groups in total. The Morgan fingerprint density at radius 2 is 1.29 bits per heavy atom. The molecule has 4 rings (SSSR count). The van der Waals surface area contributed by atoms with Gasteiger partial charge in [0.15, 0.2) is 0 Å². The van der Waals surface area contributed by atoms with Gasteiger partial charge in [-0.25, -0.2) is 0 Å². The van der Waals surface area contributed by atoms with Crippen LogP contribution in [0.4, 0.5) is 13.2 Å². The molecular weight excluding hydrogens is 363 g/mol. The smallest absolute Gasteiger partial charge is 0.322 e. The van der Waals surface area contributed by atoms with E-state index in [1.165, 1.54) is 6.07 Å². The number of pyridine rings is 1. The van der Waals surface area contributed by atoms with Crippen LogP contribution in [0.1, 0.15) is 28.2 Å². The highest BCUT2D eigenvalue weighted by Gasteiger charge is 2.33. The van der Waals surface area contributed by atoms with Crippen LogP contribution in [-0.2, 0) is 6.18 Å². The van der Waals surface area contributed by atoms with Crippen molar-refractivity contribution in [2.75, 3.05) is 0 Å². The van der Waals surface area contributed by atoms with Crippen LogP contribution in [0.3, 0.4) is 0 Å². The van der Waals surface area contributed by atoms with E-state index < -0.39 is 17.3 Å². The summed E-state index contributed by atoms with van der Waals surface area (Å²) in [6.45, 7) is 0. The molecule has 0 bridgehead atoms. The maximum absolute atomic E-state index is 13.5. The molecule has 0 unspecified atom stereocenters. The van der Waals surface area contributed by atoms with Crippen molar-refractivity contribution in [3.8, 4) is 0 Å². The van der Waals surface area contributed by atoms with Crippen molar-refractivity contribution in [3.63, 3.8) is 0 Å². The minimum atomic E-state index is -4.61. The standard InChI is InChI=1S/C23H16F3NO/c24-23(25,26)19-14-21(28)27-20-12-11-17(13-18(19)20)22(15-7-3-1-4-8-15)16-9-5-2-6-10-16/h1-14,22H,(H,27,28). The Morgan fingerprint density at radius 1 is 0.714 bits per heavy atom. The van der Waals surface area contributed by atoms with E-state index in [1.807, 2.05) is 60.7 Å². The van der Waals surface area contributed by atoms with Crippen molar-refractivity contribution in [2.24, 2.45) is 0 Å². The number of aromatic nitrogens is 1. The molecule has 3 aromatic carbocycles. The average molecular weight is 379 g/mol. The second-order valence-corrected chi connectivity index (χ2v) is 6.60.